The van der Waals surface area contributed by atoms with Crippen LogP contribution in [-0.2, 0) is 23.9 Å². The fraction of sp³-hybridized carbons (Fsp3) is 0.556. The van der Waals surface area contributed by atoms with E-state index in [1.165, 1.54) is 11.0 Å². The number of benzene rings is 1. The van der Waals surface area contributed by atoms with Gasteiger partial charge in [-0.15, -0.1) is 0 Å². The Morgan fingerprint density at radius 3 is 2.56 bits per heavy atom. The number of hydrogen-bond acceptors (Lipinski definition) is 5. The fourth-order valence-corrected chi connectivity index (χ4v) is 5.75. The molecule has 2 aliphatic rings. The van der Waals surface area contributed by atoms with Crippen LogP contribution in [-0.4, -0.2) is 45.4 Å². The Morgan fingerprint density at radius 2 is 1.92 bits per heavy atom. The van der Waals surface area contributed by atoms with E-state index >= 15 is 0 Å². The lowest BCUT2D eigenvalue weighted by atomic mass is 9.84. The molecule has 1 saturated carbocycles. The minimum absolute atomic E-state index is 0.0201. The Bertz CT molecular complexity index is 1330. The maximum absolute atomic E-state index is 13.9. The third-order valence-electron chi connectivity index (χ3n) is 7.47. The lowest BCUT2D eigenvalue weighted by Gasteiger charge is -2.36. The van der Waals surface area contributed by atoms with Gasteiger partial charge in [0.1, 0.15) is 0 Å². The summed E-state index contributed by atoms with van der Waals surface area (Å²) in [6.07, 6.45) is -1.68. The summed E-state index contributed by atoms with van der Waals surface area (Å²) in [7, 11) is 1.60. The molecule has 39 heavy (non-hydrogen) atoms. The predicted molar refractivity (Wildman–Crippen MR) is 142 cm³/mol. The van der Waals surface area contributed by atoms with E-state index < -0.39 is 28.7 Å². The summed E-state index contributed by atoms with van der Waals surface area (Å²) in [5.74, 6) is -0.475. The number of nitrogens with one attached hydrogen (secondary N) is 2. The van der Waals surface area contributed by atoms with Crippen LogP contribution in [0.5, 0.6) is 0 Å². The molecule has 0 unspecified atom stereocenters. The van der Waals surface area contributed by atoms with Crippen molar-refractivity contribution in [2.24, 2.45) is 5.92 Å². The maximum Gasteiger partial charge on any atom is 0.417 e. The van der Waals surface area contributed by atoms with E-state index in [9.17, 15) is 27.6 Å². The molecule has 2 aromatic rings. The third-order valence-corrected chi connectivity index (χ3v) is 7.80. The van der Waals surface area contributed by atoms with Gasteiger partial charge in [0.2, 0.25) is 11.9 Å². The van der Waals surface area contributed by atoms with Crippen LogP contribution < -0.4 is 16.2 Å². The molecular formula is C27H33ClF3N5O3. The molecule has 212 valence electrons. The third kappa shape index (κ3) is 5.92. The van der Waals surface area contributed by atoms with Crippen molar-refractivity contribution >= 4 is 29.4 Å². The maximum atomic E-state index is 13.9. The standard InChI is InChI=1S/C27H33ClF3N5O3/c1-14(2)33-26-34-22-13-35(24(38)17-8-9-21(28)20(12-17)27(29,30)31)15(3)10-19(22)25(39)36(26)18-7-5-6-16(11-18)23(37)32-4/h8-9,12,14-16,18H,5-7,10-11,13H2,1-4H3,(H,32,37)(H,33,34)/t15-,16-,18+/m1/s1. The molecule has 1 aliphatic heterocycles. The monoisotopic (exact) mass is 567 g/mol. The average Bonchev–Trinajstić information content (AvgIpc) is 2.87. The van der Waals surface area contributed by atoms with E-state index in [2.05, 4.69) is 10.6 Å². The summed E-state index contributed by atoms with van der Waals surface area (Å²) in [6.45, 7) is 5.57. The number of halogens is 4. The van der Waals surface area contributed by atoms with Crippen LogP contribution in [0.15, 0.2) is 23.0 Å². The lowest BCUT2D eigenvalue weighted by Crippen LogP contribution is -2.47. The second kappa shape index (κ2) is 11.2. The SMILES string of the molecule is CNC(=O)[C@@H]1CCC[C@H](n2c(NC(C)C)nc3c(c2=O)C[C@@H](C)N(C(=O)c2ccc(Cl)c(C(F)(F)F)c2)C3)C1. The molecule has 1 fully saturated rings. The van der Waals surface area contributed by atoms with Crippen molar-refractivity contribution < 1.29 is 22.8 Å². The van der Waals surface area contributed by atoms with Crippen LogP contribution in [0.3, 0.4) is 0 Å². The van der Waals surface area contributed by atoms with Crippen LogP contribution in [0.4, 0.5) is 19.1 Å². The van der Waals surface area contributed by atoms with Gasteiger partial charge < -0.3 is 15.5 Å². The molecule has 4 rings (SSSR count). The Morgan fingerprint density at radius 1 is 1.21 bits per heavy atom. The smallest absolute Gasteiger partial charge is 0.359 e. The molecule has 0 radical (unpaired) electrons. The molecule has 0 saturated heterocycles. The van der Waals surface area contributed by atoms with Crippen molar-refractivity contribution in [3.05, 3.63) is 56.0 Å². The first-order valence-corrected chi connectivity index (χ1v) is 13.5. The summed E-state index contributed by atoms with van der Waals surface area (Å²) in [5, 5.41) is 5.47. The highest BCUT2D eigenvalue weighted by Crippen LogP contribution is 2.37. The molecule has 3 atom stereocenters. The Kier molecular flexibility index (Phi) is 8.30. The van der Waals surface area contributed by atoms with Crippen LogP contribution >= 0.6 is 11.6 Å². The lowest BCUT2D eigenvalue weighted by molar-refractivity contribution is -0.137. The first-order valence-electron chi connectivity index (χ1n) is 13.1. The number of rotatable bonds is 5. The zero-order chi connectivity index (χ0) is 28.6. The quantitative estimate of drug-likeness (QED) is 0.541. The van der Waals surface area contributed by atoms with Gasteiger partial charge >= 0.3 is 6.18 Å². The minimum atomic E-state index is -4.70. The molecule has 2 amide bonds. The normalized spacial score (nSPS) is 21.5. The number of carbonyl (C=O) groups excluding carboxylic acids is 2. The topological polar surface area (TPSA) is 96.3 Å². The number of nitrogens with zero attached hydrogens (tertiary/aromatic N) is 3. The van der Waals surface area contributed by atoms with E-state index in [4.69, 9.17) is 16.6 Å². The number of carbonyl (C=O) groups is 2. The molecule has 0 bridgehead atoms. The number of hydrogen-bond donors (Lipinski definition) is 2. The van der Waals surface area contributed by atoms with Gasteiger partial charge in [0.25, 0.3) is 11.5 Å². The molecule has 2 N–H and O–H groups in total. The molecule has 2 heterocycles. The first-order chi connectivity index (χ1) is 18.3. The number of alkyl halides is 3. The largest absolute Gasteiger partial charge is 0.417 e. The van der Waals surface area contributed by atoms with E-state index in [-0.39, 0.29) is 48.0 Å². The molecule has 12 heteroatoms. The summed E-state index contributed by atoms with van der Waals surface area (Å²) in [4.78, 5) is 45.8. The fourth-order valence-electron chi connectivity index (χ4n) is 5.53. The van der Waals surface area contributed by atoms with Gasteiger partial charge in [-0.05, 0) is 64.7 Å². The molecular weight excluding hydrogens is 535 g/mol. The van der Waals surface area contributed by atoms with Crippen LogP contribution in [0.2, 0.25) is 5.02 Å². The summed E-state index contributed by atoms with van der Waals surface area (Å²) < 4.78 is 41.8. The van der Waals surface area contributed by atoms with Crippen LogP contribution in [0, 0.1) is 5.92 Å². The summed E-state index contributed by atoms with van der Waals surface area (Å²) in [6, 6.07) is 2.39. The second-order valence-corrected chi connectivity index (χ2v) is 11.1. The van der Waals surface area contributed by atoms with Crippen molar-refractivity contribution in [3.63, 3.8) is 0 Å². The van der Waals surface area contributed by atoms with E-state index in [0.717, 1.165) is 31.4 Å². The Labute approximate surface area is 229 Å². The Hall–Kier alpha value is -3.08. The van der Waals surface area contributed by atoms with E-state index in [1.54, 1.807) is 18.5 Å². The van der Waals surface area contributed by atoms with Crippen LogP contribution in [0.25, 0.3) is 0 Å². The van der Waals surface area contributed by atoms with Gasteiger partial charge in [0, 0.05) is 42.2 Å². The van der Waals surface area contributed by atoms with Gasteiger partial charge in [-0.3, -0.25) is 19.0 Å². The molecule has 1 aromatic carbocycles. The van der Waals surface area contributed by atoms with Crippen molar-refractivity contribution in [2.75, 3.05) is 12.4 Å². The van der Waals surface area contributed by atoms with Gasteiger partial charge in [0.15, 0.2) is 0 Å². The van der Waals surface area contributed by atoms with Gasteiger partial charge in [-0.2, -0.15) is 13.2 Å². The van der Waals surface area contributed by atoms with Gasteiger partial charge in [-0.25, -0.2) is 4.98 Å². The molecule has 8 nitrogen and oxygen atoms in total. The zero-order valence-electron chi connectivity index (χ0n) is 22.4. The number of aromatic nitrogens is 2. The highest BCUT2D eigenvalue weighted by Gasteiger charge is 2.37. The summed E-state index contributed by atoms with van der Waals surface area (Å²) in [5.41, 5.74) is -0.537. The molecule has 1 aromatic heterocycles. The molecule has 0 spiro atoms. The average molecular weight is 568 g/mol. The summed E-state index contributed by atoms with van der Waals surface area (Å²) >= 11 is 5.74. The van der Waals surface area contributed by atoms with Crippen molar-refractivity contribution in [1.29, 1.82) is 0 Å². The predicted octanol–water partition coefficient (Wildman–Crippen LogP) is 4.80. The number of anilines is 1. The van der Waals surface area contributed by atoms with Gasteiger partial charge in [0.05, 0.1) is 22.8 Å². The van der Waals surface area contributed by atoms with Crippen molar-refractivity contribution in [3.8, 4) is 0 Å². The first kappa shape index (κ1) is 28.9. The van der Waals surface area contributed by atoms with Crippen molar-refractivity contribution in [2.45, 2.75) is 83.7 Å². The van der Waals surface area contributed by atoms with E-state index in [0.29, 0.717) is 23.6 Å². The van der Waals surface area contributed by atoms with Gasteiger partial charge in [-0.1, -0.05) is 18.0 Å². The second-order valence-electron chi connectivity index (χ2n) is 10.6. The molecule has 1 aliphatic carbocycles. The highest BCUT2D eigenvalue weighted by atomic mass is 35.5. The Balaban J connectivity index is 1.71. The minimum Gasteiger partial charge on any atom is -0.359 e. The number of fused-ring (bicyclic) bond motifs is 1. The highest BCUT2D eigenvalue weighted by molar-refractivity contribution is 6.31. The number of amides is 2. The van der Waals surface area contributed by atoms with Crippen molar-refractivity contribution in [1.82, 2.24) is 19.8 Å². The van der Waals surface area contributed by atoms with Crippen LogP contribution in [0.1, 0.15) is 79.7 Å². The van der Waals surface area contributed by atoms with E-state index in [1.807, 2.05) is 13.8 Å². The zero-order valence-corrected chi connectivity index (χ0v) is 23.1.